The van der Waals surface area contributed by atoms with Gasteiger partial charge in [-0.15, -0.1) is 10.2 Å². The van der Waals surface area contributed by atoms with Crippen LogP contribution in [0, 0.1) is 6.92 Å². The van der Waals surface area contributed by atoms with Crippen LogP contribution in [0.15, 0.2) is 12.7 Å². The minimum Gasteiger partial charge on any atom is -0.317 e. The predicted octanol–water partition coefficient (Wildman–Crippen LogP) is 0.0461. The zero-order chi connectivity index (χ0) is 15.9. The topological polar surface area (TPSA) is 98.4 Å². The Hall–Kier alpha value is 25.7. The molecule has 2 aromatic rings. The molecule has 0 bridgehead atoms. The molecule has 2 aliphatic heterocycles. The minimum atomic E-state index is 0. The minimum absolute atomic E-state index is 0. The van der Waals surface area contributed by atoms with E-state index in [0.717, 1.165) is 44.8 Å². The quantitative estimate of drug-likeness (QED) is 0.440. The molecular formula is C14H25N9Y25. The van der Waals surface area contributed by atoms with Crippen molar-refractivity contribution in [2.75, 3.05) is 26.2 Å². The van der Waals surface area contributed by atoms with E-state index in [-0.39, 0.29) is 818 Å². The van der Waals surface area contributed by atoms with E-state index < -0.39 is 0 Å². The van der Waals surface area contributed by atoms with E-state index in [2.05, 4.69) is 36.1 Å². The van der Waals surface area contributed by atoms with Crippen LogP contribution in [0.25, 0.3) is 0 Å². The van der Waals surface area contributed by atoms with Gasteiger partial charge in [0.15, 0.2) is 5.82 Å². The standard InChI is InChI=1S/C7H13N5.C7H12N4.25Y/c1-6-9-11-12(10-6)7-2-4-8-5-3-7;1-3-8-4-2-7(1)11-6-9-5-10-11;;;;;;;;;;;;;;;;;;;;;;;;;/h7-8H,2-5H2,1H3;5-8H,1-4H2;;;;;;;;;;;;;;;;;;;;;;;;;. The number of nitrogens with one attached hydrogen (secondary N) is 2. The van der Waals surface area contributed by atoms with Crippen molar-refractivity contribution in [1.29, 1.82) is 0 Å². The third-order valence-corrected chi connectivity index (χ3v) is 4.28. The van der Waals surface area contributed by atoms with E-state index in [9.17, 15) is 0 Å². The predicted molar refractivity (Wildman–Crippen MR) is 84.9 cm³/mol. The maximum Gasteiger partial charge on any atom is 0.171 e. The molecule has 48 heavy (non-hydrogen) atoms. The van der Waals surface area contributed by atoms with Crippen LogP contribution in [0.1, 0.15) is 43.6 Å². The molecule has 4 heterocycles. The normalized spacial score (nSPS) is 9.60. The first-order chi connectivity index (χ1) is 11.3. The molecule has 2 aliphatic rings. The van der Waals surface area contributed by atoms with Crippen LogP contribution >= 0.6 is 0 Å². The van der Waals surface area contributed by atoms with Crippen LogP contribution in [0.4, 0.5) is 0 Å². The van der Waals surface area contributed by atoms with Crippen molar-refractivity contribution in [3.8, 4) is 0 Å². The van der Waals surface area contributed by atoms with Crippen LogP contribution in [0.3, 0.4) is 0 Å². The molecular weight excluding hydrogens is 2520 g/mol. The van der Waals surface area contributed by atoms with Crippen molar-refractivity contribution in [2.45, 2.75) is 44.7 Å². The second-order valence-corrected chi connectivity index (χ2v) is 5.99. The molecule has 201 valence electrons. The molecule has 34 heteroatoms. The Balaban J connectivity index is -0.00000000816. The average molecular weight is 2540 g/mol. The fourth-order valence-corrected chi connectivity index (χ4v) is 2.97. The molecule has 25 radical (unpaired) electrons. The van der Waals surface area contributed by atoms with Gasteiger partial charge < -0.3 is 10.6 Å². The van der Waals surface area contributed by atoms with Crippen LogP contribution in [-0.2, 0) is 818 Å². The molecule has 2 fully saturated rings. The van der Waals surface area contributed by atoms with Gasteiger partial charge in [0.2, 0.25) is 0 Å². The van der Waals surface area contributed by atoms with Crippen LogP contribution in [-0.4, -0.2) is 61.2 Å². The maximum atomic E-state index is 4.20. The molecule has 2 aromatic heterocycles. The summed E-state index contributed by atoms with van der Waals surface area (Å²) in [5.74, 6) is 0.758. The molecule has 2 N–H and O–H groups in total. The van der Waals surface area contributed by atoms with Gasteiger partial charge in [0.1, 0.15) is 12.7 Å². The molecule has 2 saturated heterocycles. The summed E-state index contributed by atoms with van der Waals surface area (Å²) in [6.07, 6.45) is 7.95. The van der Waals surface area contributed by atoms with Gasteiger partial charge in [-0.2, -0.15) is 9.90 Å². The van der Waals surface area contributed by atoms with Crippen LogP contribution < -0.4 is 10.6 Å². The zero-order valence-electron chi connectivity index (χ0n) is 28.0. The van der Waals surface area contributed by atoms with E-state index in [4.69, 9.17) is 0 Å². The maximum absolute atomic E-state index is 4.20. The van der Waals surface area contributed by atoms with E-state index in [0.29, 0.717) is 12.1 Å². The van der Waals surface area contributed by atoms with Crippen molar-refractivity contribution < 1.29 is 818 Å². The SMILES string of the molecule is Cc1nnn(C2CCNCC2)n1.[Y].[Y].[Y].[Y].[Y].[Y].[Y].[Y].[Y].[Y].[Y].[Y].[Y].[Y].[Y].[Y].[Y].[Y].[Y].[Y].[Y].[Y].[Y].[Y].[Y].c1ncn(C2CCNCC2)n1. The van der Waals surface area contributed by atoms with Crippen molar-refractivity contribution in [3.63, 3.8) is 0 Å². The zero-order valence-corrected chi connectivity index (χ0v) is 99.0. The average Bonchev–Trinajstić information content (AvgIpc) is 3.29. The Morgan fingerprint density at radius 2 is 0.812 bits per heavy atom. The second-order valence-electron chi connectivity index (χ2n) is 5.99. The van der Waals surface area contributed by atoms with Crippen molar-refractivity contribution in [2.24, 2.45) is 0 Å². The van der Waals surface area contributed by atoms with Gasteiger partial charge >= 0.3 is 0 Å². The summed E-state index contributed by atoms with van der Waals surface area (Å²) in [5, 5.41) is 22.8. The van der Waals surface area contributed by atoms with E-state index >= 15 is 0 Å². The van der Waals surface area contributed by atoms with Gasteiger partial charge in [-0.3, -0.25) is 0 Å². The number of hydrogen-bond acceptors (Lipinski definition) is 7. The van der Waals surface area contributed by atoms with Crippen molar-refractivity contribution in [1.82, 2.24) is 45.6 Å². The fraction of sp³-hybridized carbons (Fsp3) is 0.786. The number of piperidine rings is 2. The number of aromatic nitrogens is 7. The summed E-state index contributed by atoms with van der Waals surface area (Å²) in [4.78, 5) is 5.68. The summed E-state index contributed by atoms with van der Waals surface area (Å²) in [5.41, 5.74) is 0. The number of nitrogens with zero attached hydrogens (tertiary/aromatic N) is 7. The monoisotopic (exact) mass is 2540 g/mol. The Morgan fingerprint density at radius 1 is 0.500 bits per heavy atom. The largest absolute Gasteiger partial charge is 0.317 e. The van der Waals surface area contributed by atoms with Gasteiger partial charge in [0.25, 0.3) is 0 Å². The summed E-state index contributed by atoms with van der Waals surface area (Å²) in [7, 11) is 0. The third kappa shape index (κ3) is 83.1. The Kier molecular flexibility index (Phi) is 354. The molecule has 0 saturated carbocycles. The number of rotatable bonds is 2. The molecule has 9 nitrogen and oxygen atoms in total. The first kappa shape index (κ1) is 152. The smallest absolute Gasteiger partial charge is 0.171 e. The molecule has 0 aliphatic carbocycles. The van der Waals surface area contributed by atoms with Gasteiger partial charge in [0, 0.05) is 818 Å². The Morgan fingerprint density at radius 3 is 1.06 bits per heavy atom. The van der Waals surface area contributed by atoms with Gasteiger partial charge in [0.05, 0.1) is 12.1 Å². The molecule has 4 rings (SSSR count). The van der Waals surface area contributed by atoms with Crippen LogP contribution in [0.2, 0.25) is 0 Å². The summed E-state index contributed by atoms with van der Waals surface area (Å²) in [6, 6.07) is 1.02. The molecule has 0 unspecified atom stereocenters. The van der Waals surface area contributed by atoms with Gasteiger partial charge in [-0.1, -0.05) is 0 Å². The Bertz CT molecular complexity index is 601. The van der Waals surface area contributed by atoms with Gasteiger partial charge in [-0.05, 0) is 64.0 Å². The molecule has 0 aromatic carbocycles. The Labute approximate surface area is 920 Å². The van der Waals surface area contributed by atoms with Crippen molar-refractivity contribution in [3.05, 3.63) is 18.5 Å². The number of hydrogen-bond donors (Lipinski definition) is 2. The number of aryl methyl sites for hydroxylation is 1. The van der Waals surface area contributed by atoms with E-state index in [1.54, 1.807) is 17.5 Å². The van der Waals surface area contributed by atoms with Crippen LogP contribution in [0.5, 0.6) is 0 Å². The van der Waals surface area contributed by atoms with Gasteiger partial charge in [-0.25, -0.2) is 9.67 Å². The first-order valence-electron chi connectivity index (χ1n) is 8.34. The van der Waals surface area contributed by atoms with E-state index in [1.807, 2.05) is 11.6 Å². The summed E-state index contributed by atoms with van der Waals surface area (Å²) < 4.78 is 1.96. The summed E-state index contributed by atoms with van der Waals surface area (Å²) >= 11 is 0. The molecule has 0 amide bonds. The van der Waals surface area contributed by atoms with E-state index in [1.165, 1.54) is 12.8 Å². The first-order valence-corrected chi connectivity index (χ1v) is 8.34. The molecule has 0 atom stereocenters. The molecule has 0 spiro atoms. The van der Waals surface area contributed by atoms with Crippen molar-refractivity contribution >= 4 is 0 Å². The second kappa shape index (κ2) is 112. The third-order valence-electron chi connectivity index (χ3n) is 4.28. The fourth-order valence-electron chi connectivity index (χ4n) is 2.97. The summed E-state index contributed by atoms with van der Waals surface area (Å²) in [6.45, 7) is 6.19. The number of tetrazole rings is 1.